The molecule has 0 amide bonds. The van der Waals surface area contributed by atoms with E-state index in [1.807, 2.05) is 23.0 Å². The predicted octanol–water partition coefficient (Wildman–Crippen LogP) is 3.79. The molecule has 1 unspecified atom stereocenters. The Kier molecular flexibility index (Phi) is 3.85. The molecule has 0 fully saturated rings. The Labute approximate surface area is 123 Å². The quantitative estimate of drug-likeness (QED) is 0.772. The Hall–Kier alpha value is -1.65. The third-order valence-electron chi connectivity index (χ3n) is 3.58. The lowest BCUT2D eigenvalue weighted by Crippen LogP contribution is -2.23. The lowest BCUT2D eigenvalue weighted by atomic mass is 10.0. The van der Waals surface area contributed by atoms with Crippen molar-refractivity contribution < 1.29 is 0 Å². The van der Waals surface area contributed by atoms with E-state index in [0.29, 0.717) is 0 Å². The largest absolute Gasteiger partial charge is 0.306 e. The molecule has 20 heavy (non-hydrogen) atoms. The van der Waals surface area contributed by atoms with E-state index in [0.717, 1.165) is 13.0 Å². The molecule has 0 bridgehead atoms. The average Bonchev–Trinajstić information content (AvgIpc) is 3.07. The molecule has 104 valence electrons. The van der Waals surface area contributed by atoms with Gasteiger partial charge in [0.05, 0.1) is 17.8 Å². The van der Waals surface area contributed by atoms with Crippen LogP contribution in [-0.2, 0) is 0 Å². The van der Waals surface area contributed by atoms with Crippen LogP contribution < -0.4 is 5.32 Å². The van der Waals surface area contributed by atoms with E-state index in [-0.39, 0.29) is 6.04 Å². The first-order valence-electron chi connectivity index (χ1n) is 7.01. The molecule has 3 aromatic heterocycles. The lowest BCUT2D eigenvalue weighted by Gasteiger charge is -2.18. The third-order valence-corrected chi connectivity index (χ3v) is 4.44. The van der Waals surface area contributed by atoms with Crippen LogP contribution in [0.3, 0.4) is 0 Å². The number of hydrogen-bond donors (Lipinski definition) is 1. The van der Waals surface area contributed by atoms with Gasteiger partial charge in [0.15, 0.2) is 0 Å². The van der Waals surface area contributed by atoms with Gasteiger partial charge in [0.2, 0.25) is 0 Å². The summed E-state index contributed by atoms with van der Waals surface area (Å²) < 4.78 is 1.94. The van der Waals surface area contributed by atoms with Crippen molar-refractivity contribution in [2.45, 2.75) is 26.3 Å². The zero-order valence-electron chi connectivity index (χ0n) is 11.8. The van der Waals surface area contributed by atoms with Gasteiger partial charge in [0.25, 0.3) is 0 Å². The summed E-state index contributed by atoms with van der Waals surface area (Å²) in [5.41, 5.74) is 3.79. The van der Waals surface area contributed by atoms with E-state index in [2.05, 4.69) is 47.8 Å². The van der Waals surface area contributed by atoms with E-state index >= 15 is 0 Å². The maximum atomic E-state index is 4.47. The number of fused-ring (bicyclic) bond motifs is 1. The van der Waals surface area contributed by atoms with Gasteiger partial charge in [0.1, 0.15) is 0 Å². The summed E-state index contributed by atoms with van der Waals surface area (Å²) in [4.78, 5) is 1.37. The zero-order chi connectivity index (χ0) is 13.9. The molecule has 0 saturated carbocycles. The van der Waals surface area contributed by atoms with Crippen LogP contribution in [0.1, 0.15) is 35.4 Å². The number of aryl methyl sites for hydroxylation is 1. The number of rotatable bonds is 5. The minimum atomic E-state index is 0.223. The van der Waals surface area contributed by atoms with Crippen molar-refractivity contribution in [3.63, 3.8) is 0 Å². The number of nitrogens with one attached hydrogen (secondary N) is 1. The molecule has 0 aromatic carbocycles. The number of nitrogens with zero attached hydrogens (tertiary/aromatic N) is 2. The second-order valence-electron chi connectivity index (χ2n) is 4.95. The first kappa shape index (κ1) is 13.3. The van der Waals surface area contributed by atoms with Gasteiger partial charge in [0, 0.05) is 16.6 Å². The van der Waals surface area contributed by atoms with E-state index < -0.39 is 0 Å². The van der Waals surface area contributed by atoms with E-state index in [4.69, 9.17) is 0 Å². The van der Waals surface area contributed by atoms with Crippen molar-refractivity contribution in [3.05, 3.63) is 58.0 Å². The monoisotopic (exact) mass is 285 g/mol. The van der Waals surface area contributed by atoms with Crippen LogP contribution in [0.4, 0.5) is 0 Å². The van der Waals surface area contributed by atoms with Crippen LogP contribution in [0.15, 0.2) is 42.0 Å². The standard InChI is InChI=1S/C16H19N3S/c1-3-8-17-16(13-7-10-20-12(13)2)14-11-18-19-9-5-4-6-15(14)19/h4-7,9-11,16-17H,3,8H2,1-2H3. The molecular weight excluding hydrogens is 266 g/mol. The van der Waals surface area contributed by atoms with Crippen molar-refractivity contribution in [1.82, 2.24) is 14.9 Å². The molecule has 1 atom stereocenters. The van der Waals surface area contributed by atoms with Crippen LogP contribution in [-0.4, -0.2) is 16.2 Å². The highest BCUT2D eigenvalue weighted by Crippen LogP contribution is 2.30. The maximum Gasteiger partial charge on any atom is 0.0712 e. The van der Waals surface area contributed by atoms with Crippen molar-refractivity contribution in [3.8, 4) is 0 Å². The number of hydrogen-bond acceptors (Lipinski definition) is 3. The molecule has 0 radical (unpaired) electrons. The van der Waals surface area contributed by atoms with Gasteiger partial charge >= 0.3 is 0 Å². The molecule has 3 aromatic rings. The van der Waals surface area contributed by atoms with E-state index in [1.54, 1.807) is 11.3 Å². The fourth-order valence-corrected chi connectivity index (χ4v) is 3.29. The van der Waals surface area contributed by atoms with Gasteiger partial charge in [-0.05, 0) is 49.0 Å². The first-order valence-corrected chi connectivity index (χ1v) is 7.89. The first-order chi connectivity index (χ1) is 9.81. The van der Waals surface area contributed by atoms with Gasteiger partial charge in [-0.15, -0.1) is 11.3 Å². The van der Waals surface area contributed by atoms with Crippen LogP contribution in [0, 0.1) is 6.92 Å². The second-order valence-corrected chi connectivity index (χ2v) is 6.07. The normalized spacial score (nSPS) is 12.9. The number of aromatic nitrogens is 2. The molecule has 3 nitrogen and oxygen atoms in total. The molecule has 0 spiro atoms. The maximum absolute atomic E-state index is 4.47. The van der Waals surface area contributed by atoms with Crippen LogP contribution in [0.5, 0.6) is 0 Å². The summed E-state index contributed by atoms with van der Waals surface area (Å²) in [5.74, 6) is 0. The fraction of sp³-hybridized carbons (Fsp3) is 0.312. The topological polar surface area (TPSA) is 29.3 Å². The Morgan fingerprint density at radius 2 is 2.20 bits per heavy atom. The van der Waals surface area contributed by atoms with Crippen LogP contribution in [0.2, 0.25) is 0 Å². The smallest absolute Gasteiger partial charge is 0.0712 e. The van der Waals surface area contributed by atoms with Gasteiger partial charge in [-0.1, -0.05) is 13.0 Å². The fourth-order valence-electron chi connectivity index (χ4n) is 2.55. The summed E-state index contributed by atoms with van der Waals surface area (Å²) in [6.07, 6.45) is 5.11. The highest BCUT2D eigenvalue weighted by Gasteiger charge is 2.19. The Morgan fingerprint density at radius 3 is 2.95 bits per heavy atom. The zero-order valence-corrected chi connectivity index (χ0v) is 12.7. The summed E-state index contributed by atoms with van der Waals surface area (Å²) in [6, 6.07) is 8.65. The van der Waals surface area contributed by atoms with Gasteiger partial charge in [-0.25, -0.2) is 4.52 Å². The number of thiophene rings is 1. The molecule has 3 heterocycles. The predicted molar refractivity (Wildman–Crippen MR) is 84.4 cm³/mol. The van der Waals surface area contributed by atoms with Crippen molar-refractivity contribution in [2.24, 2.45) is 0 Å². The van der Waals surface area contributed by atoms with E-state index in [9.17, 15) is 0 Å². The Morgan fingerprint density at radius 1 is 1.30 bits per heavy atom. The van der Waals surface area contributed by atoms with Gasteiger partial charge < -0.3 is 5.32 Å². The minimum Gasteiger partial charge on any atom is -0.306 e. The van der Waals surface area contributed by atoms with Crippen molar-refractivity contribution in [2.75, 3.05) is 6.54 Å². The average molecular weight is 285 g/mol. The van der Waals surface area contributed by atoms with Gasteiger partial charge in [-0.2, -0.15) is 5.10 Å². The second kappa shape index (κ2) is 5.77. The molecule has 0 aliphatic carbocycles. The highest BCUT2D eigenvalue weighted by molar-refractivity contribution is 7.10. The van der Waals surface area contributed by atoms with Crippen LogP contribution >= 0.6 is 11.3 Å². The molecular formula is C16H19N3S. The van der Waals surface area contributed by atoms with Crippen molar-refractivity contribution >= 4 is 16.9 Å². The summed E-state index contributed by atoms with van der Waals surface area (Å²) >= 11 is 1.80. The highest BCUT2D eigenvalue weighted by atomic mass is 32.1. The molecule has 4 heteroatoms. The lowest BCUT2D eigenvalue weighted by molar-refractivity contribution is 0.601. The Balaban J connectivity index is 2.07. The molecule has 3 rings (SSSR count). The molecule has 0 aliphatic heterocycles. The number of pyridine rings is 1. The summed E-state index contributed by atoms with van der Waals surface area (Å²) in [6.45, 7) is 5.39. The Bertz CT molecular complexity index is 698. The van der Waals surface area contributed by atoms with Crippen LogP contribution in [0.25, 0.3) is 5.52 Å². The molecule has 0 saturated heterocycles. The summed E-state index contributed by atoms with van der Waals surface area (Å²) in [7, 11) is 0. The van der Waals surface area contributed by atoms with E-state index in [1.165, 1.54) is 21.5 Å². The van der Waals surface area contributed by atoms with Gasteiger partial charge in [-0.3, -0.25) is 0 Å². The SMILES string of the molecule is CCCNC(c1ccsc1C)c1cnn2ccccc12. The van der Waals surface area contributed by atoms with Crippen molar-refractivity contribution in [1.29, 1.82) is 0 Å². The minimum absolute atomic E-state index is 0.223. The molecule has 0 aliphatic rings. The summed E-state index contributed by atoms with van der Waals surface area (Å²) in [5, 5.41) is 10.3. The molecule has 1 N–H and O–H groups in total. The third kappa shape index (κ3) is 2.37.